The summed E-state index contributed by atoms with van der Waals surface area (Å²) in [5.41, 5.74) is 0.0228. The van der Waals surface area contributed by atoms with E-state index in [1.54, 1.807) is 0 Å². The fourth-order valence-electron chi connectivity index (χ4n) is 2.16. The molecule has 0 spiro atoms. The minimum absolute atomic E-state index is 0.0228. The largest absolute Gasteiger partial charge is 0.481 e. The van der Waals surface area contributed by atoms with Crippen LogP contribution in [0.5, 0.6) is 0 Å². The van der Waals surface area contributed by atoms with Crippen molar-refractivity contribution in [3.05, 3.63) is 0 Å². The molecule has 1 aliphatic heterocycles. The highest BCUT2D eigenvalue weighted by atomic mass is 16.4. The highest BCUT2D eigenvalue weighted by Gasteiger charge is 2.32. The molecule has 104 valence electrons. The van der Waals surface area contributed by atoms with Crippen molar-refractivity contribution in [3.8, 4) is 0 Å². The maximum absolute atomic E-state index is 12.0. The fraction of sp³-hybridized carbons (Fsp3) is 0.846. The first-order chi connectivity index (χ1) is 8.33. The maximum Gasteiger partial charge on any atom is 0.303 e. The Balaban J connectivity index is 2.32. The molecule has 1 amide bonds. The van der Waals surface area contributed by atoms with Crippen molar-refractivity contribution in [2.45, 2.75) is 45.1 Å². The minimum Gasteiger partial charge on any atom is -0.481 e. The van der Waals surface area contributed by atoms with Crippen molar-refractivity contribution in [1.82, 2.24) is 9.80 Å². The van der Waals surface area contributed by atoms with Gasteiger partial charge in [-0.25, -0.2) is 0 Å². The van der Waals surface area contributed by atoms with Gasteiger partial charge in [-0.3, -0.25) is 14.5 Å². The van der Waals surface area contributed by atoms with Crippen LogP contribution in [-0.2, 0) is 9.59 Å². The predicted molar refractivity (Wildman–Crippen MR) is 69.4 cm³/mol. The summed E-state index contributed by atoms with van der Waals surface area (Å²) in [5, 5.41) is 8.52. The van der Waals surface area contributed by atoms with Gasteiger partial charge in [-0.15, -0.1) is 0 Å². The number of carboxylic acid groups (broad SMARTS) is 1. The second-order valence-electron chi connectivity index (χ2n) is 5.65. The first-order valence-electron chi connectivity index (χ1n) is 6.54. The molecule has 0 saturated carbocycles. The van der Waals surface area contributed by atoms with Crippen molar-refractivity contribution in [1.29, 1.82) is 0 Å². The number of rotatable bonds is 5. The zero-order valence-corrected chi connectivity index (χ0v) is 11.6. The summed E-state index contributed by atoms with van der Waals surface area (Å²) >= 11 is 0. The van der Waals surface area contributed by atoms with E-state index >= 15 is 0 Å². The van der Waals surface area contributed by atoms with Gasteiger partial charge in [0.15, 0.2) is 0 Å². The molecule has 5 nitrogen and oxygen atoms in total. The van der Waals surface area contributed by atoms with Gasteiger partial charge < -0.3 is 10.0 Å². The van der Waals surface area contributed by atoms with Gasteiger partial charge >= 0.3 is 5.97 Å². The molecule has 1 N–H and O–H groups in total. The molecule has 1 aliphatic rings. The van der Waals surface area contributed by atoms with Gasteiger partial charge in [0, 0.05) is 38.0 Å². The molecular weight excluding hydrogens is 232 g/mol. The van der Waals surface area contributed by atoms with E-state index in [9.17, 15) is 9.59 Å². The van der Waals surface area contributed by atoms with E-state index in [4.69, 9.17) is 5.11 Å². The van der Waals surface area contributed by atoms with E-state index < -0.39 is 5.97 Å². The molecule has 1 rings (SSSR count). The lowest BCUT2D eigenvalue weighted by Gasteiger charge is -2.45. The number of carboxylic acids is 1. The Labute approximate surface area is 109 Å². The van der Waals surface area contributed by atoms with Crippen molar-refractivity contribution < 1.29 is 14.7 Å². The van der Waals surface area contributed by atoms with Crippen LogP contribution in [0.25, 0.3) is 0 Å². The summed E-state index contributed by atoms with van der Waals surface area (Å²) in [7, 11) is 2.08. The van der Waals surface area contributed by atoms with Crippen LogP contribution in [0.2, 0.25) is 0 Å². The first kappa shape index (κ1) is 15.0. The molecule has 0 aliphatic carbocycles. The van der Waals surface area contributed by atoms with Crippen LogP contribution in [0.15, 0.2) is 0 Å². The van der Waals surface area contributed by atoms with Gasteiger partial charge in [0.25, 0.3) is 0 Å². The number of piperazine rings is 1. The number of unbranched alkanes of at least 4 members (excludes halogenated alkanes) is 1. The molecule has 0 bridgehead atoms. The van der Waals surface area contributed by atoms with E-state index in [0.29, 0.717) is 19.3 Å². The second kappa shape index (κ2) is 6.18. The standard InChI is InChI=1S/C13H24N2O3/c1-13(2)10-15(9-8-14(13)3)11(16)6-4-5-7-12(17)18/h4-10H2,1-3H3,(H,17,18). The van der Waals surface area contributed by atoms with Crippen LogP contribution < -0.4 is 0 Å². The highest BCUT2D eigenvalue weighted by Crippen LogP contribution is 2.19. The van der Waals surface area contributed by atoms with Gasteiger partial charge in [-0.05, 0) is 33.7 Å². The highest BCUT2D eigenvalue weighted by molar-refractivity contribution is 5.76. The van der Waals surface area contributed by atoms with Gasteiger partial charge in [-0.1, -0.05) is 0 Å². The maximum atomic E-state index is 12.0. The zero-order chi connectivity index (χ0) is 13.8. The predicted octanol–water partition coefficient (Wildman–Crippen LogP) is 1.18. The third-order valence-corrected chi connectivity index (χ3v) is 3.70. The third kappa shape index (κ3) is 4.29. The molecule has 1 heterocycles. The average molecular weight is 256 g/mol. The normalized spacial score (nSPS) is 19.8. The monoisotopic (exact) mass is 256 g/mol. The third-order valence-electron chi connectivity index (χ3n) is 3.70. The van der Waals surface area contributed by atoms with Gasteiger partial charge in [0.1, 0.15) is 0 Å². The summed E-state index contributed by atoms with van der Waals surface area (Å²) in [5.74, 6) is -0.634. The molecule has 0 radical (unpaired) electrons. The zero-order valence-electron chi connectivity index (χ0n) is 11.6. The van der Waals surface area contributed by atoms with E-state index in [2.05, 4.69) is 25.8 Å². The Hall–Kier alpha value is -1.10. The number of nitrogens with zero attached hydrogens (tertiary/aromatic N) is 2. The van der Waals surface area contributed by atoms with Crippen LogP contribution in [0.3, 0.4) is 0 Å². The number of hydrogen-bond donors (Lipinski definition) is 1. The fourth-order valence-corrected chi connectivity index (χ4v) is 2.16. The summed E-state index contributed by atoms with van der Waals surface area (Å²) in [6.07, 6.45) is 1.87. The Morgan fingerprint density at radius 1 is 1.17 bits per heavy atom. The summed E-state index contributed by atoms with van der Waals surface area (Å²) in [6.45, 7) is 6.69. The van der Waals surface area contributed by atoms with E-state index in [-0.39, 0.29) is 17.9 Å². The molecule has 1 saturated heterocycles. The van der Waals surface area contributed by atoms with E-state index in [1.807, 2.05) is 4.90 Å². The molecule has 0 aromatic rings. The van der Waals surface area contributed by atoms with Crippen LogP contribution in [0, 0.1) is 0 Å². The second-order valence-corrected chi connectivity index (χ2v) is 5.65. The van der Waals surface area contributed by atoms with Crippen molar-refractivity contribution in [2.75, 3.05) is 26.7 Å². The molecule has 0 aromatic heterocycles. The lowest BCUT2D eigenvalue weighted by Crippen LogP contribution is -2.58. The average Bonchev–Trinajstić information content (AvgIpc) is 2.27. The number of hydrogen-bond acceptors (Lipinski definition) is 3. The number of amides is 1. The molecular formula is C13H24N2O3. The lowest BCUT2D eigenvalue weighted by molar-refractivity contribution is -0.138. The summed E-state index contributed by atoms with van der Waals surface area (Å²) in [6, 6.07) is 0. The smallest absolute Gasteiger partial charge is 0.303 e. The van der Waals surface area contributed by atoms with Crippen molar-refractivity contribution in [2.24, 2.45) is 0 Å². The Morgan fingerprint density at radius 2 is 1.78 bits per heavy atom. The number of carbonyl (C=O) groups excluding carboxylic acids is 1. The molecule has 18 heavy (non-hydrogen) atoms. The Bertz CT molecular complexity index is 315. The molecule has 0 aromatic carbocycles. The molecule has 0 atom stereocenters. The summed E-state index contributed by atoms with van der Waals surface area (Å²) < 4.78 is 0. The molecule has 5 heteroatoms. The van der Waals surface area contributed by atoms with Gasteiger partial charge in [0.05, 0.1) is 0 Å². The van der Waals surface area contributed by atoms with E-state index in [0.717, 1.165) is 19.6 Å². The molecule has 1 fully saturated rings. The quantitative estimate of drug-likeness (QED) is 0.750. The number of aliphatic carboxylic acids is 1. The molecule has 0 unspecified atom stereocenters. The Kier molecular flexibility index (Phi) is 5.14. The Morgan fingerprint density at radius 3 is 2.33 bits per heavy atom. The van der Waals surface area contributed by atoms with E-state index in [1.165, 1.54) is 0 Å². The van der Waals surface area contributed by atoms with Crippen LogP contribution in [-0.4, -0.2) is 59.0 Å². The van der Waals surface area contributed by atoms with Crippen LogP contribution >= 0.6 is 0 Å². The van der Waals surface area contributed by atoms with Gasteiger partial charge in [-0.2, -0.15) is 0 Å². The number of carbonyl (C=O) groups is 2. The van der Waals surface area contributed by atoms with Crippen molar-refractivity contribution in [3.63, 3.8) is 0 Å². The first-order valence-corrected chi connectivity index (χ1v) is 6.54. The van der Waals surface area contributed by atoms with Gasteiger partial charge in [0.2, 0.25) is 5.91 Å². The topological polar surface area (TPSA) is 60.9 Å². The minimum atomic E-state index is -0.789. The van der Waals surface area contributed by atoms with Crippen LogP contribution in [0.4, 0.5) is 0 Å². The SMILES string of the molecule is CN1CCN(C(=O)CCCCC(=O)O)CC1(C)C. The van der Waals surface area contributed by atoms with Crippen LogP contribution in [0.1, 0.15) is 39.5 Å². The van der Waals surface area contributed by atoms with Crippen molar-refractivity contribution >= 4 is 11.9 Å². The lowest BCUT2D eigenvalue weighted by atomic mass is 9.99. The summed E-state index contributed by atoms with van der Waals surface area (Å²) in [4.78, 5) is 26.5. The number of likely N-dealkylation sites (N-methyl/N-ethyl adjacent to an activating group) is 1.